The lowest BCUT2D eigenvalue weighted by atomic mass is 10.1. The molecular weight excluding hydrogens is 396 g/mol. The number of fused-ring (bicyclic) bond motifs is 1. The minimum absolute atomic E-state index is 0.124. The van der Waals surface area contributed by atoms with Crippen molar-refractivity contribution >= 4 is 17.6 Å². The predicted octanol–water partition coefficient (Wildman–Crippen LogP) is 3.41. The Labute approximate surface area is 182 Å². The van der Waals surface area contributed by atoms with Crippen LogP contribution in [0.2, 0.25) is 0 Å². The van der Waals surface area contributed by atoms with Gasteiger partial charge in [-0.2, -0.15) is 5.10 Å². The van der Waals surface area contributed by atoms with Crippen LogP contribution < -0.4 is 9.64 Å². The Morgan fingerprint density at radius 2 is 1.90 bits per heavy atom. The molecule has 0 aliphatic heterocycles. The van der Waals surface area contributed by atoms with Gasteiger partial charge in [0.15, 0.2) is 5.65 Å². The van der Waals surface area contributed by atoms with E-state index in [0.29, 0.717) is 12.4 Å². The van der Waals surface area contributed by atoms with Gasteiger partial charge in [-0.25, -0.2) is 19.3 Å². The largest absolute Gasteiger partial charge is 0.481 e. The van der Waals surface area contributed by atoms with Crippen LogP contribution >= 0.6 is 0 Å². The second-order valence-corrected chi connectivity index (χ2v) is 7.75. The van der Waals surface area contributed by atoms with Gasteiger partial charge in [0.25, 0.3) is 0 Å². The number of aromatic nitrogens is 4. The normalized spacial score (nSPS) is 11.1. The summed E-state index contributed by atoms with van der Waals surface area (Å²) in [5.74, 6) is 1.37. The molecule has 9 heteroatoms. The summed E-state index contributed by atoms with van der Waals surface area (Å²) in [7, 11) is 5.34. The number of carbonyl (C=O) groups is 1. The summed E-state index contributed by atoms with van der Waals surface area (Å²) >= 11 is 0. The number of amides is 1. The quantitative estimate of drug-likeness (QED) is 0.546. The van der Waals surface area contributed by atoms with Crippen LogP contribution in [0, 0.1) is 6.92 Å². The molecule has 0 atom stereocenters. The van der Waals surface area contributed by atoms with Gasteiger partial charge in [-0.15, -0.1) is 0 Å². The standard InChI is InChI=1S/C22H30N6O3/c1-15(2)31-22(29)27(5)12-7-11-26(4)19-10-13-28-20(25-19)18(14-23-28)17-9-8-16(3)24-21(17)30-6/h8-10,13-15H,7,11-12H2,1-6H3. The van der Waals surface area contributed by atoms with Crippen LogP contribution in [0.1, 0.15) is 26.0 Å². The Morgan fingerprint density at radius 3 is 2.61 bits per heavy atom. The van der Waals surface area contributed by atoms with Gasteiger partial charge in [0, 0.05) is 44.6 Å². The fourth-order valence-electron chi connectivity index (χ4n) is 3.20. The van der Waals surface area contributed by atoms with E-state index in [1.807, 2.05) is 52.2 Å². The van der Waals surface area contributed by atoms with E-state index < -0.39 is 0 Å². The lowest BCUT2D eigenvalue weighted by molar-refractivity contribution is 0.0839. The molecule has 0 unspecified atom stereocenters. The van der Waals surface area contributed by atoms with Gasteiger partial charge in [-0.1, -0.05) is 0 Å². The number of aryl methyl sites for hydroxylation is 1. The number of rotatable bonds is 8. The van der Waals surface area contributed by atoms with Crippen molar-refractivity contribution in [1.29, 1.82) is 0 Å². The number of nitrogens with zero attached hydrogens (tertiary/aromatic N) is 6. The van der Waals surface area contributed by atoms with Gasteiger partial charge in [0.1, 0.15) is 5.82 Å². The van der Waals surface area contributed by atoms with Crippen LogP contribution in [0.5, 0.6) is 5.88 Å². The van der Waals surface area contributed by atoms with E-state index >= 15 is 0 Å². The average molecular weight is 427 g/mol. The molecule has 0 bridgehead atoms. The summed E-state index contributed by atoms with van der Waals surface area (Å²) in [5.41, 5.74) is 3.31. The van der Waals surface area contributed by atoms with Crippen molar-refractivity contribution in [2.24, 2.45) is 0 Å². The van der Waals surface area contributed by atoms with Crippen LogP contribution in [0.15, 0.2) is 30.6 Å². The molecule has 0 aromatic carbocycles. The summed E-state index contributed by atoms with van der Waals surface area (Å²) in [6, 6.07) is 5.84. The van der Waals surface area contributed by atoms with E-state index in [9.17, 15) is 4.79 Å². The summed E-state index contributed by atoms with van der Waals surface area (Å²) in [4.78, 5) is 24.8. The summed E-state index contributed by atoms with van der Waals surface area (Å²) in [6.07, 6.45) is 4.02. The molecule has 0 saturated heterocycles. The molecule has 0 fully saturated rings. The molecule has 166 valence electrons. The van der Waals surface area contributed by atoms with Crippen LogP contribution in [-0.4, -0.2) is 71.0 Å². The van der Waals surface area contributed by atoms with E-state index in [1.165, 1.54) is 0 Å². The van der Waals surface area contributed by atoms with Crippen molar-refractivity contribution in [1.82, 2.24) is 24.5 Å². The monoisotopic (exact) mass is 426 g/mol. The number of anilines is 1. The number of hydrogen-bond acceptors (Lipinski definition) is 7. The number of methoxy groups -OCH3 is 1. The maximum Gasteiger partial charge on any atom is 0.409 e. The van der Waals surface area contributed by atoms with E-state index in [2.05, 4.69) is 15.0 Å². The van der Waals surface area contributed by atoms with E-state index in [4.69, 9.17) is 14.5 Å². The second-order valence-electron chi connectivity index (χ2n) is 7.75. The molecule has 0 saturated carbocycles. The van der Waals surface area contributed by atoms with Crippen LogP contribution in [-0.2, 0) is 4.74 Å². The Balaban J connectivity index is 1.74. The topological polar surface area (TPSA) is 85.1 Å². The molecule has 1 amide bonds. The van der Waals surface area contributed by atoms with E-state index in [1.54, 1.807) is 29.8 Å². The zero-order chi connectivity index (χ0) is 22.5. The molecule has 31 heavy (non-hydrogen) atoms. The lowest BCUT2D eigenvalue weighted by Crippen LogP contribution is -2.32. The Bertz CT molecular complexity index is 1050. The summed E-state index contributed by atoms with van der Waals surface area (Å²) < 4.78 is 12.4. The highest BCUT2D eigenvalue weighted by atomic mass is 16.6. The highest BCUT2D eigenvalue weighted by Gasteiger charge is 2.16. The molecule has 3 heterocycles. The van der Waals surface area contributed by atoms with E-state index in [-0.39, 0.29) is 12.2 Å². The average Bonchev–Trinajstić information content (AvgIpc) is 3.15. The van der Waals surface area contributed by atoms with Crippen LogP contribution in [0.4, 0.5) is 10.6 Å². The van der Waals surface area contributed by atoms with Gasteiger partial charge in [0.2, 0.25) is 5.88 Å². The fourth-order valence-corrected chi connectivity index (χ4v) is 3.20. The Morgan fingerprint density at radius 1 is 1.13 bits per heavy atom. The smallest absolute Gasteiger partial charge is 0.409 e. The number of carbonyl (C=O) groups excluding carboxylic acids is 1. The molecule has 3 aromatic heterocycles. The zero-order valence-electron chi connectivity index (χ0n) is 19.0. The molecule has 0 radical (unpaired) electrons. The molecule has 0 aliphatic carbocycles. The maximum atomic E-state index is 11.9. The van der Waals surface area contributed by atoms with Crippen molar-refractivity contribution in [3.63, 3.8) is 0 Å². The van der Waals surface area contributed by atoms with Crippen molar-refractivity contribution in [2.75, 3.05) is 39.2 Å². The van der Waals surface area contributed by atoms with Crippen LogP contribution in [0.25, 0.3) is 16.8 Å². The number of ether oxygens (including phenoxy) is 2. The highest BCUT2D eigenvalue weighted by molar-refractivity contribution is 5.80. The van der Waals surface area contributed by atoms with Crippen LogP contribution in [0.3, 0.4) is 0 Å². The third kappa shape index (κ3) is 5.22. The third-order valence-electron chi connectivity index (χ3n) is 4.86. The molecule has 9 nitrogen and oxygen atoms in total. The maximum absolute atomic E-state index is 11.9. The summed E-state index contributed by atoms with van der Waals surface area (Å²) in [6.45, 7) is 6.94. The first kappa shape index (κ1) is 22.3. The van der Waals surface area contributed by atoms with Gasteiger partial charge >= 0.3 is 6.09 Å². The SMILES string of the molecule is COc1nc(C)ccc1-c1cnn2ccc(N(C)CCCN(C)C(=O)OC(C)C)nc12. The first-order valence-electron chi connectivity index (χ1n) is 10.3. The Hall–Kier alpha value is -3.36. The van der Waals surface area contributed by atoms with Crippen molar-refractivity contribution < 1.29 is 14.3 Å². The van der Waals surface area contributed by atoms with E-state index in [0.717, 1.165) is 41.3 Å². The van der Waals surface area contributed by atoms with Gasteiger partial charge in [-0.05, 0) is 45.4 Å². The molecule has 3 aromatic rings. The number of hydrogen-bond donors (Lipinski definition) is 0. The third-order valence-corrected chi connectivity index (χ3v) is 4.86. The first-order valence-corrected chi connectivity index (χ1v) is 10.3. The molecule has 0 spiro atoms. The van der Waals surface area contributed by atoms with Crippen molar-refractivity contribution in [2.45, 2.75) is 33.3 Å². The predicted molar refractivity (Wildman–Crippen MR) is 120 cm³/mol. The lowest BCUT2D eigenvalue weighted by Gasteiger charge is -2.22. The molecule has 3 rings (SSSR count). The molecule has 0 N–H and O–H groups in total. The molecule has 0 aliphatic rings. The van der Waals surface area contributed by atoms with Gasteiger partial charge < -0.3 is 19.3 Å². The van der Waals surface area contributed by atoms with Crippen molar-refractivity contribution in [3.8, 4) is 17.0 Å². The zero-order valence-corrected chi connectivity index (χ0v) is 19.0. The van der Waals surface area contributed by atoms with Gasteiger partial charge in [-0.3, -0.25) is 0 Å². The van der Waals surface area contributed by atoms with Gasteiger partial charge in [0.05, 0.1) is 25.0 Å². The number of pyridine rings is 1. The minimum atomic E-state index is -0.304. The fraction of sp³-hybridized carbons (Fsp3) is 0.455. The van der Waals surface area contributed by atoms with Crippen molar-refractivity contribution in [3.05, 3.63) is 36.3 Å². The second kappa shape index (κ2) is 9.63. The first-order chi connectivity index (χ1) is 14.8. The Kier molecular flexibility index (Phi) is 6.94. The summed E-state index contributed by atoms with van der Waals surface area (Å²) in [5, 5.41) is 4.42. The minimum Gasteiger partial charge on any atom is -0.481 e. The molecular formula is C22H30N6O3. The highest BCUT2D eigenvalue weighted by Crippen LogP contribution is 2.31.